The van der Waals surface area contributed by atoms with Gasteiger partial charge in [-0.05, 0) is 6.42 Å². The molecule has 1 aliphatic heterocycles. The minimum atomic E-state index is 1.18. The Morgan fingerprint density at radius 1 is 1.80 bits per heavy atom. The van der Waals surface area contributed by atoms with Gasteiger partial charge >= 0.3 is 0 Å². The van der Waals surface area contributed by atoms with Crippen LogP contribution in [0.5, 0.6) is 0 Å². The second kappa shape index (κ2) is 1.27. The van der Waals surface area contributed by atoms with Crippen LogP contribution in [0.1, 0.15) is 6.42 Å². The molecule has 1 heterocycles. The van der Waals surface area contributed by atoms with Crippen LogP contribution in [0.15, 0.2) is 0 Å². The lowest BCUT2D eigenvalue weighted by molar-refractivity contribution is 1.34. The largest absolute Gasteiger partial charge is 0.119 e. The van der Waals surface area contributed by atoms with Gasteiger partial charge in [0.25, 0.3) is 0 Å². The van der Waals surface area contributed by atoms with Crippen molar-refractivity contribution in [2.75, 3.05) is 5.75 Å². The van der Waals surface area contributed by atoms with Crippen molar-refractivity contribution in [3.05, 3.63) is 0 Å². The van der Waals surface area contributed by atoms with Crippen LogP contribution >= 0.6 is 24.0 Å². The Balaban J connectivity index is 2.32. The summed E-state index contributed by atoms with van der Waals surface area (Å²) in [6.07, 6.45) is 1.18. The maximum Gasteiger partial charge on any atom is 0.0486 e. The fraction of sp³-hybridized carbons (Fsp3) is 0.667. The summed E-state index contributed by atoms with van der Waals surface area (Å²) in [6.45, 7) is 0. The molecule has 0 aliphatic carbocycles. The predicted molar refractivity (Wildman–Crippen MR) is 29.7 cm³/mol. The third kappa shape index (κ3) is 0.637. The van der Waals surface area contributed by atoms with Crippen LogP contribution in [0.4, 0.5) is 0 Å². The summed E-state index contributed by atoms with van der Waals surface area (Å²) in [6, 6.07) is 0. The van der Waals surface area contributed by atoms with Gasteiger partial charge in [-0.3, -0.25) is 0 Å². The van der Waals surface area contributed by atoms with Crippen LogP contribution in [-0.2, 0) is 0 Å². The average Bonchev–Trinajstić information content (AvgIpc) is 1.30. The van der Waals surface area contributed by atoms with Crippen LogP contribution < -0.4 is 0 Å². The van der Waals surface area contributed by atoms with E-state index in [-0.39, 0.29) is 0 Å². The molecular weight excluding hydrogens is 100 g/mol. The summed E-state index contributed by atoms with van der Waals surface area (Å²) in [5.74, 6) is 1.26. The average molecular weight is 104 g/mol. The molecule has 1 aliphatic rings. The van der Waals surface area contributed by atoms with E-state index in [2.05, 4.69) is 0 Å². The highest BCUT2D eigenvalue weighted by Crippen LogP contribution is 2.20. The molecule has 0 unspecified atom stereocenters. The summed E-state index contributed by atoms with van der Waals surface area (Å²) in [7, 11) is 0. The van der Waals surface area contributed by atoms with Crippen LogP contribution in [0.25, 0.3) is 0 Å². The minimum Gasteiger partial charge on any atom is -0.119 e. The summed E-state index contributed by atoms with van der Waals surface area (Å²) in [4.78, 5) is 0. The molecule has 0 aromatic rings. The van der Waals surface area contributed by atoms with Gasteiger partial charge in [0.2, 0.25) is 0 Å². The standard InChI is InChI=1S/C3H4S2/c4-3-1-2-5-3/h1-2H2. The number of thioether (sulfide) groups is 1. The second-order valence-electron chi connectivity index (χ2n) is 0.970. The van der Waals surface area contributed by atoms with Crippen molar-refractivity contribution >= 4 is 28.2 Å². The normalized spacial score (nSPS) is 22.0. The van der Waals surface area contributed by atoms with Crippen molar-refractivity contribution in [2.45, 2.75) is 6.42 Å². The number of thiocarbonyl (C=S) groups is 1. The van der Waals surface area contributed by atoms with Crippen LogP contribution in [0.2, 0.25) is 0 Å². The van der Waals surface area contributed by atoms with Crippen LogP contribution in [0.3, 0.4) is 0 Å². The van der Waals surface area contributed by atoms with Gasteiger partial charge in [-0.15, -0.1) is 11.8 Å². The van der Waals surface area contributed by atoms with Gasteiger partial charge in [0.15, 0.2) is 0 Å². The molecule has 5 heavy (non-hydrogen) atoms. The Kier molecular flexibility index (Phi) is 0.918. The molecule has 1 saturated heterocycles. The van der Waals surface area contributed by atoms with Crippen molar-refractivity contribution in [1.29, 1.82) is 0 Å². The summed E-state index contributed by atoms with van der Waals surface area (Å²) in [5, 5.41) is 0. The van der Waals surface area contributed by atoms with E-state index in [1.807, 2.05) is 0 Å². The zero-order valence-electron chi connectivity index (χ0n) is 2.73. The molecular formula is C3H4S2. The quantitative estimate of drug-likeness (QED) is 0.427. The Bertz CT molecular complexity index is 51.9. The molecule has 0 spiro atoms. The van der Waals surface area contributed by atoms with E-state index in [9.17, 15) is 0 Å². The van der Waals surface area contributed by atoms with Gasteiger partial charge < -0.3 is 0 Å². The van der Waals surface area contributed by atoms with Gasteiger partial charge in [-0.1, -0.05) is 12.2 Å². The minimum absolute atomic E-state index is 1.18. The van der Waals surface area contributed by atoms with Crippen LogP contribution in [-0.4, -0.2) is 9.95 Å². The molecule has 0 amide bonds. The summed E-state index contributed by atoms with van der Waals surface area (Å²) in [5.41, 5.74) is 0. The summed E-state index contributed by atoms with van der Waals surface area (Å²) < 4.78 is 1.19. The molecule has 0 aromatic heterocycles. The van der Waals surface area contributed by atoms with Crippen molar-refractivity contribution in [1.82, 2.24) is 0 Å². The van der Waals surface area contributed by atoms with Gasteiger partial charge in [0.1, 0.15) is 0 Å². The van der Waals surface area contributed by atoms with E-state index in [1.165, 1.54) is 16.4 Å². The highest BCUT2D eigenvalue weighted by atomic mass is 32.2. The van der Waals surface area contributed by atoms with E-state index < -0.39 is 0 Å². The van der Waals surface area contributed by atoms with Crippen molar-refractivity contribution in [3.63, 3.8) is 0 Å². The fourth-order valence-electron chi connectivity index (χ4n) is 0.185. The molecule has 1 fully saturated rings. The monoisotopic (exact) mass is 104 g/mol. The number of hydrogen-bond donors (Lipinski definition) is 0. The summed E-state index contributed by atoms with van der Waals surface area (Å²) >= 11 is 6.54. The van der Waals surface area contributed by atoms with Gasteiger partial charge in [-0.25, -0.2) is 0 Å². The molecule has 0 bridgehead atoms. The topological polar surface area (TPSA) is 0 Å². The van der Waals surface area contributed by atoms with Crippen molar-refractivity contribution < 1.29 is 0 Å². The van der Waals surface area contributed by atoms with Gasteiger partial charge in [0, 0.05) is 9.95 Å². The van der Waals surface area contributed by atoms with Crippen molar-refractivity contribution in [3.8, 4) is 0 Å². The first-order valence-corrected chi connectivity index (χ1v) is 2.94. The third-order valence-electron chi connectivity index (χ3n) is 0.569. The predicted octanol–water partition coefficient (Wildman–Crippen LogP) is 1.45. The molecule has 0 N–H and O–H groups in total. The highest BCUT2D eigenvalue weighted by molar-refractivity contribution is 8.25. The molecule has 0 atom stereocenters. The van der Waals surface area contributed by atoms with E-state index in [1.54, 1.807) is 11.8 Å². The van der Waals surface area contributed by atoms with Crippen LogP contribution in [0, 0.1) is 0 Å². The maximum absolute atomic E-state index is 4.75. The SMILES string of the molecule is S=C1CCS1. The van der Waals surface area contributed by atoms with Crippen molar-refractivity contribution in [2.24, 2.45) is 0 Å². The molecule has 1 rings (SSSR count). The highest BCUT2D eigenvalue weighted by Gasteiger charge is 2.05. The smallest absolute Gasteiger partial charge is 0.0486 e. The third-order valence-corrected chi connectivity index (χ3v) is 2.06. The van der Waals surface area contributed by atoms with Gasteiger partial charge in [-0.2, -0.15) is 0 Å². The zero-order valence-corrected chi connectivity index (χ0v) is 4.36. The molecule has 2 heteroatoms. The first-order chi connectivity index (χ1) is 2.39. The van der Waals surface area contributed by atoms with E-state index >= 15 is 0 Å². The van der Waals surface area contributed by atoms with E-state index in [0.717, 1.165) is 0 Å². The maximum atomic E-state index is 4.75. The lowest BCUT2D eigenvalue weighted by Crippen LogP contribution is -2.02. The molecule has 0 saturated carbocycles. The molecule has 28 valence electrons. The second-order valence-corrected chi connectivity index (χ2v) is 2.91. The number of rotatable bonds is 0. The Hall–Kier alpha value is 0.440. The molecule has 0 aromatic carbocycles. The van der Waals surface area contributed by atoms with Gasteiger partial charge in [0.05, 0.1) is 0 Å². The van der Waals surface area contributed by atoms with E-state index in [0.29, 0.717) is 0 Å². The van der Waals surface area contributed by atoms with E-state index in [4.69, 9.17) is 12.2 Å². The lowest BCUT2D eigenvalue weighted by Gasteiger charge is -2.08. The first-order valence-electron chi connectivity index (χ1n) is 1.55. The molecule has 0 radical (unpaired) electrons. The zero-order chi connectivity index (χ0) is 3.70. The Morgan fingerprint density at radius 3 is 2.20 bits per heavy atom. The fourth-order valence-corrected chi connectivity index (χ4v) is 1.06. The first kappa shape index (κ1) is 3.62. The number of hydrogen-bond acceptors (Lipinski definition) is 2. The lowest BCUT2D eigenvalue weighted by atomic mass is 10.5. The Morgan fingerprint density at radius 2 is 2.20 bits per heavy atom. The Labute approximate surface area is 40.9 Å². The molecule has 0 nitrogen and oxygen atoms in total.